The number of likely N-dealkylation sites (N-methyl/N-ethyl adjacent to an activating group) is 1. The van der Waals surface area contributed by atoms with Gasteiger partial charge in [0.2, 0.25) is 0 Å². The van der Waals surface area contributed by atoms with E-state index >= 15 is 4.39 Å². The molecule has 52 heavy (non-hydrogen) atoms. The lowest BCUT2D eigenvalue weighted by Crippen LogP contribution is -2.35. The van der Waals surface area contributed by atoms with Gasteiger partial charge in [-0.1, -0.05) is 12.2 Å². The minimum Gasteiger partial charge on any atom is -0.448 e. The van der Waals surface area contributed by atoms with Crippen LogP contribution in [0.2, 0.25) is 0 Å². The molecule has 0 spiro atoms. The number of nitrogens with zero attached hydrogens (tertiary/aromatic N) is 6. The lowest BCUT2D eigenvalue weighted by Gasteiger charge is -2.27. The van der Waals surface area contributed by atoms with E-state index in [4.69, 9.17) is 44.1 Å². The van der Waals surface area contributed by atoms with E-state index < -0.39 is 98.7 Å². The Kier molecular flexibility index (Phi) is 10.5. The molecule has 0 radical (unpaired) electrons. The number of aliphatic hydroxyl groups is 1. The number of aromatic amines is 1. The summed E-state index contributed by atoms with van der Waals surface area (Å²) >= 11 is 9.21. The fourth-order valence-electron chi connectivity index (χ4n) is 5.83. The van der Waals surface area contributed by atoms with Crippen molar-refractivity contribution < 1.29 is 60.4 Å². The second kappa shape index (κ2) is 14.7. The summed E-state index contributed by atoms with van der Waals surface area (Å²) < 4.78 is 85.9. The van der Waals surface area contributed by atoms with Crippen molar-refractivity contribution in [3.63, 3.8) is 0 Å². The molecule has 7 heterocycles. The summed E-state index contributed by atoms with van der Waals surface area (Å²) in [5.41, 5.74) is -0.934. The molecule has 7 rings (SSSR count). The van der Waals surface area contributed by atoms with Crippen LogP contribution in [-0.2, 0) is 48.7 Å². The predicted octanol–water partition coefficient (Wildman–Crippen LogP) is 1.04. The lowest BCUT2D eigenvalue weighted by molar-refractivity contribution is -0.0586. The summed E-state index contributed by atoms with van der Waals surface area (Å²) in [5.74, 6) is -1.02. The maximum Gasteiger partial charge on any atom is 0.412 e. The molecule has 1 amide bonds. The van der Waals surface area contributed by atoms with Crippen LogP contribution in [0.1, 0.15) is 12.5 Å². The van der Waals surface area contributed by atoms with Crippen LogP contribution in [0.25, 0.3) is 22.2 Å². The Morgan fingerprint density at radius 3 is 2.69 bits per heavy atom. The average molecular weight is 812 g/mol. The first-order chi connectivity index (χ1) is 24.8. The van der Waals surface area contributed by atoms with Crippen LogP contribution in [0.15, 0.2) is 30.0 Å². The number of carbonyl (C=O) groups is 1. The number of thiol groups is 1. The van der Waals surface area contributed by atoms with Crippen molar-refractivity contribution in [2.45, 2.75) is 49.1 Å². The quantitative estimate of drug-likeness (QED) is 0.0903. The smallest absolute Gasteiger partial charge is 0.412 e. The van der Waals surface area contributed by atoms with Crippen LogP contribution in [0.4, 0.5) is 19.4 Å². The SMILES string of the molecule is CNCCOC(=O)Nc1ncnc2c1ncn2[C@@H]1O[C@@H]2COP(O)(=S)O[C@@H]3[C@H](O)C(COP(=O)(S)O[C@H]2[C@H]1F)O[C@H]3n1cc(F)c2c(=O)[nH]cnc21. The number of rotatable bonds is 6. The molecular formula is C25H29F2N9O12P2S2. The first-order valence-corrected chi connectivity index (χ1v) is 20.5. The van der Waals surface area contributed by atoms with Gasteiger partial charge in [0.1, 0.15) is 48.8 Å². The van der Waals surface area contributed by atoms with Gasteiger partial charge in [-0.2, -0.15) is 0 Å². The lowest BCUT2D eigenvalue weighted by atomic mass is 10.1. The molecule has 3 aliphatic heterocycles. The molecular weight excluding hydrogens is 782 g/mol. The maximum atomic E-state index is 16.3. The highest BCUT2D eigenvalue weighted by Gasteiger charge is 2.53. The monoisotopic (exact) mass is 811 g/mol. The number of hydrogen-bond acceptors (Lipinski definition) is 17. The Morgan fingerprint density at radius 1 is 1.13 bits per heavy atom. The van der Waals surface area contributed by atoms with Crippen LogP contribution in [-0.4, -0.2) is 120 Å². The zero-order chi connectivity index (χ0) is 36.9. The molecule has 0 saturated carbocycles. The Hall–Kier alpha value is -3.03. The van der Waals surface area contributed by atoms with Gasteiger partial charge in [0.05, 0.1) is 25.9 Å². The Balaban J connectivity index is 1.15. The van der Waals surface area contributed by atoms with Gasteiger partial charge in [-0.15, -0.1) is 0 Å². The highest BCUT2D eigenvalue weighted by Crippen LogP contribution is 2.58. The van der Waals surface area contributed by atoms with Crippen LogP contribution in [0.5, 0.6) is 0 Å². The number of hydrogen-bond donors (Lipinski definition) is 6. The largest absolute Gasteiger partial charge is 0.448 e. The first-order valence-electron chi connectivity index (χ1n) is 15.2. The molecule has 0 aromatic carbocycles. The van der Waals surface area contributed by atoms with Crippen LogP contribution < -0.4 is 16.2 Å². The Bertz CT molecular complexity index is 2150. The first kappa shape index (κ1) is 37.3. The number of ether oxygens (including phenoxy) is 3. The average Bonchev–Trinajstić information content (AvgIpc) is 3.83. The Morgan fingerprint density at radius 2 is 1.90 bits per heavy atom. The van der Waals surface area contributed by atoms with Gasteiger partial charge in [-0.25, -0.2) is 38.1 Å². The third-order valence-electron chi connectivity index (χ3n) is 8.18. The van der Waals surface area contributed by atoms with Gasteiger partial charge in [-0.3, -0.25) is 28.2 Å². The van der Waals surface area contributed by atoms with E-state index in [0.29, 0.717) is 6.54 Å². The number of H-pyrrole nitrogens is 1. The molecule has 27 heteroatoms. The molecule has 3 saturated heterocycles. The standard InChI is InChI=1S/C25H29F2N9O12P2S2/c1-28-2-3-42-25(39)34-19-15-21(31-7-29-19)36(9-33-15)23-14(27)17-12(46-23)6-44-50(41,52)48-18-16(37)11(5-43-49(40,51)47-17)45-24(18)35-4-10(26)13-20(35)30-8-32-22(13)38/h4,7-9,11-12,14,16-18,23-24,28,37H,2-3,5-6H2,1H3,(H,40,51)(H,41,52)(H,30,32,38)(H,29,31,34,39)/t11?,12-,14-,16-,17-,18-,23-,24-,49?,50?/m1/s1. The van der Waals surface area contributed by atoms with Crippen molar-refractivity contribution in [3.8, 4) is 0 Å². The third kappa shape index (κ3) is 7.25. The van der Waals surface area contributed by atoms with E-state index in [9.17, 15) is 28.5 Å². The highest BCUT2D eigenvalue weighted by molar-refractivity contribution is 8.44. The van der Waals surface area contributed by atoms with E-state index in [-0.39, 0.29) is 29.2 Å². The van der Waals surface area contributed by atoms with E-state index in [1.165, 1.54) is 4.57 Å². The van der Waals surface area contributed by atoms with Gasteiger partial charge in [0.25, 0.3) is 5.56 Å². The van der Waals surface area contributed by atoms with Crippen molar-refractivity contribution in [2.75, 3.05) is 38.7 Å². The molecule has 282 valence electrons. The summed E-state index contributed by atoms with van der Waals surface area (Å²) in [6.45, 7) is -9.84. The number of alkyl halides is 1. The van der Waals surface area contributed by atoms with Crippen molar-refractivity contribution in [1.29, 1.82) is 0 Å². The number of carbonyl (C=O) groups excluding carboxylic acids is 1. The van der Waals surface area contributed by atoms with Gasteiger partial charge in [-0.05, 0) is 18.9 Å². The predicted molar refractivity (Wildman–Crippen MR) is 178 cm³/mol. The minimum absolute atomic E-state index is 0.0167. The molecule has 5 N–H and O–H groups in total. The van der Waals surface area contributed by atoms with Crippen molar-refractivity contribution in [3.05, 3.63) is 41.3 Å². The van der Waals surface area contributed by atoms with Gasteiger partial charge < -0.3 is 43.6 Å². The summed E-state index contributed by atoms with van der Waals surface area (Å²) in [6, 6.07) is 0. The Labute approximate surface area is 300 Å². The molecule has 21 nitrogen and oxygen atoms in total. The third-order valence-corrected chi connectivity index (χ3v) is 11.3. The summed E-state index contributed by atoms with van der Waals surface area (Å²) in [6.07, 6.45) is -9.71. The number of nitrogens with one attached hydrogen (secondary N) is 3. The normalized spacial score (nSPS) is 34.0. The number of aliphatic hydroxyl groups excluding tert-OH is 1. The topological polar surface area (TPSA) is 258 Å². The number of halogens is 2. The number of amides is 1. The van der Waals surface area contributed by atoms with E-state index in [0.717, 1.165) is 29.7 Å². The van der Waals surface area contributed by atoms with Gasteiger partial charge in [0, 0.05) is 12.7 Å². The molecule has 0 aliphatic carbocycles. The summed E-state index contributed by atoms with van der Waals surface area (Å²) in [4.78, 5) is 54.2. The molecule has 4 aromatic rings. The zero-order valence-corrected chi connectivity index (χ0v) is 29.9. The van der Waals surface area contributed by atoms with Gasteiger partial charge >= 0.3 is 19.6 Å². The molecule has 2 bridgehead atoms. The van der Waals surface area contributed by atoms with E-state index in [2.05, 4.69) is 47.8 Å². The molecule has 3 fully saturated rings. The number of fused-ring (bicyclic) bond motifs is 5. The number of imidazole rings is 1. The number of anilines is 1. The van der Waals surface area contributed by atoms with Gasteiger partial charge in [0.15, 0.2) is 47.1 Å². The maximum absolute atomic E-state index is 16.3. The second-order valence-electron chi connectivity index (χ2n) is 11.5. The number of aromatic nitrogens is 7. The minimum atomic E-state index is -4.50. The zero-order valence-electron chi connectivity index (χ0n) is 26.4. The van der Waals surface area contributed by atoms with Crippen molar-refractivity contribution in [1.82, 2.24) is 39.4 Å². The molecule has 4 aromatic heterocycles. The highest BCUT2D eigenvalue weighted by atomic mass is 32.7. The second-order valence-corrected chi connectivity index (χ2v) is 17.1. The fourth-order valence-corrected chi connectivity index (χ4v) is 8.72. The van der Waals surface area contributed by atoms with E-state index in [1.807, 2.05) is 0 Å². The van der Waals surface area contributed by atoms with E-state index in [1.54, 1.807) is 7.05 Å². The van der Waals surface area contributed by atoms with Crippen LogP contribution in [0, 0.1) is 5.82 Å². The van der Waals surface area contributed by atoms with Crippen LogP contribution in [0.3, 0.4) is 0 Å². The summed E-state index contributed by atoms with van der Waals surface area (Å²) in [7, 11) is 1.68. The molecule has 3 aliphatic rings. The molecule has 3 unspecified atom stereocenters. The van der Waals surface area contributed by atoms with Crippen molar-refractivity contribution >= 4 is 71.7 Å². The summed E-state index contributed by atoms with van der Waals surface area (Å²) in [5, 5.41) is 16.0. The molecule has 10 atom stereocenters. The van der Waals surface area contributed by atoms with Crippen LogP contribution >= 0.6 is 25.8 Å². The van der Waals surface area contributed by atoms with Crippen molar-refractivity contribution in [2.24, 2.45) is 0 Å². The fraction of sp³-hybridized carbons (Fsp3) is 0.520.